The summed E-state index contributed by atoms with van der Waals surface area (Å²) in [5, 5.41) is 22.2. The molecular formula is C15H16FNO2. The van der Waals surface area contributed by atoms with E-state index in [2.05, 4.69) is 5.32 Å². The van der Waals surface area contributed by atoms with Crippen LogP contribution >= 0.6 is 0 Å². The van der Waals surface area contributed by atoms with Crippen molar-refractivity contribution in [1.29, 1.82) is 0 Å². The normalized spacial score (nSPS) is 12.2. The smallest absolute Gasteiger partial charge is 0.123 e. The topological polar surface area (TPSA) is 52.5 Å². The fourth-order valence-corrected chi connectivity index (χ4v) is 1.98. The lowest BCUT2D eigenvalue weighted by Crippen LogP contribution is -2.09. The second-order valence-electron chi connectivity index (χ2n) is 4.38. The summed E-state index contributed by atoms with van der Waals surface area (Å²) < 4.78 is 13.2. The summed E-state index contributed by atoms with van der Waals surface area (Å²) in [5.41, 5.74) is 2.00. The number of rotatable bonds is 4. The third kappa shape index (κ3) is 3.03. The summed E-state index contributed by atoms with van der Waals surface area (Å²) in [7, 11) is 0. The van der Waals surface area contributed by atoms with Crippen LogP contribution in [0.4, 0.5) is 10.1 Å². The number of benzene rings is 2. The number of hydrogen-bond donors (Lipinski definition) is 3. The fraction of sp³-hybridized carbons (Fsp3) is 0.200. The lowest BCUT2D eigenvalue weighted by molar-refractivity contribution is 0.282. The van der Waals surface area contributed by atoms with Crippen LogP contribution in [0.2, 0.25) is 0 Å². The van der Waals surface area contributed by atoms with Crippen LogP contribution in [0.3, 0.4) is 0 Å². The molecule has 0 bridgehead atoms. The molecule has 0 heterocycles. The highest BCUT2D eigenvalue weighted by atomic mass is 19.1. The maximum absolute atomic E-state index is 13.2. The summed E-state index contributed by atoms with van der Waals surface area (Å²) >= 11 is 0. The van der Waals surface area contributed by atoms with Crippen molar-refractivity contribution in [3.8, 4) is 5.75 Å². The van der Waals surface area contributed by atoms with Crippen LogP contribution < -0.4 is 5.32 Å². The zero-order chi connectivity index (χ0) is 13.8. The van der Waals surface area contributed by atoms with Crippen molar-refractivity contribution in [3.63, 3.8) is 0 Å². The van der Waals surface area contributed by atoms with Gasteiger partial charge >= 0.3 is 0 Å². The second-order valence-corrected chi connectivity index (χ2v) is 4.38. The number of aliphatic hydroxyl groups excluding tert-OH is 1. The molecule has 4 heteroatoms. The van der Waals surface area contributed by atoms with E-state index in [1.807, 2.05) is 25.1 Å². The number of phenols is 1. The Labute approximate surface area is 111 Å². The fourth-order valence-electron chi connectivity index (χ4n) is 1.98. The first-order chi connectivity index (χ1) is 9.11. The molecule has 0 aliphatic carbocycles. The van der Waals surface area contributed by atoms with Crippen LogP contribution in [0.1, 0.15) is 24.1 Å². The number of aliphatic hydroxyl groups is 1. The lowest BCUT2D eigenvalue weighted by Gasteiger charge is -2.18. The number of nitrogens with one attached hydrogen (secondary N) is 1. The monoisotopic (exact) mass is 261 g/mol. The molecule has 0 fully saturated rings. The Morgan fingerprint density at radius 1 is 1.21 bits per heavy atom. The third-order valence-electron chi connectivity index (χ3n) is 3.02. The van der Waals surface area contributed by atoms with E-state index in [4.69, 9.17) is 0 Å². The highest BCUT2D eigenvalue weighted by Crippen LogP contribution is 2.28. The number of aromatic hydroxyl groups is 1. The van der Waals surface area contributed by atoms with E-state index in [0.29, 0.717) is 5.56 Å². The second kappa shape index (κ2) is 5.71. The van der Waals surface area contributed by atoms with Gasteiger partial charge in [-0.3, -0.25) is 0 Å². The van der Waals surface area contributed by atoms with Crippen molar-refractivity contribution in [2.24, 2.45) is 0 Å². The first kappa shape index (κ1) is 13.4. The summed E-state index contributed by atoms with van der Waals surface area (Å²) in [5.74, 6) is -0.347. The molecule has 3 N–H and O–H groups in total. The van der Waals surface area contributed by atoms with Crippen LogP contribution in [0.5, 0.6) is 5.75 Å². The number of phenolic OH excluding ortho intramolecular Hbond substituents is 1. The minimum atomic E-state index is -0.392. The van der Waals surface area contributed by atoms with E-state index in [0.717, 1.165) is 11.3 Å². The zero-order valence-electron chi connectivity index (χ0n) is 10.6. The zero-order valence-corrected chi connectivity index (χ0v) is 10.6. The minimum absolute atomic E-state index is 0.0443. The molecule has 0 radical (unpaired) electrons. The molecule has 3 nitrogen and oxygen atoms in total. The minimum Gasteiger partial charge on any atom is -0.508 e. The van der Waals surface area contributed by atoms with Gasteiger partial charge in [-0.15, -0.1) is 0 Å². The van der Waals surface area contributed by atoms with E-state index in [1.54, 1.807) is 6.07 Å². The van der Waals surface area contributed by atoms with Gasteiger partial charge in [-0.2, -0.15) is 0 Å². The van der Waals surface area contributed by atoms with Crippen LogP contribution in [-0.4, -0.2) is 10.2 Å². The number of hydrogen-bond acceptors (Lipinski definition) is 3. The number of para-hydroxylation sites is 1. The molecule has 100 valence electrons. The average molecular weight is 261 g/mol. The molecule has 0 aliphatic rings. The number of anilines is 1. The number of halogens is 1. The average Bonchev–Trinajstić information content (AvgIpc) is 2.42. The maximum Gasteiger partial charge on any atom is 0.123 e. The first-order valence-electron chi connectivity index (χ1n) is 6.05. The van der Waals surface area contributed by atoms with E-state index in [1.165, 1.54) is 18.2 Å². The van der Waals surface area contributed by atoms with Crippen LogP contribution in [-0.2, 0) is 6.61 Å². The van der Waals surface area contributed by atoms with E-state index in [-0.39, 0.29) is 18.4 Å². The highest BCUT2D eigenvalue weighted by molar-refractivity contribution is 5.53. The summed E-state index contributed by atoms with van der Waals surface area (Å²) in [4.78, 5) is 0. The Hall–Kier alpha value is -2.07. The van der Waals surface area contributed by atoms with Crippen LogP contribution in [0.15, 0.2) is 42.5 Å². The van der Waals surface area contributed by atoms with Gasteiger partial charge in [-0.05, 0) is 31.2 Å². The molecule has 0 saturated carbocycles. The molecule has 19 heavy (non-hydrogen) atoms. The van der Waals surface area contributed by atoms with Gasteiger partial charge in [0, 0.05) is 16.8 Å². The first-order valence-corrected chi connectivity index (χ1v) is 6.05. The molecular weight excluding hydrogens is 245 g/mol. The Morgan fingerprint density at radius 2 is 1.95 bits per heavy atom. The van der Waals surface area contributed by atoms with Crippen molar-refractivity contribution >= 4 is 5.69 Å². The van der Waals surface area contributed by atoms with Gasteiger partial charge in [0.25, 0.3) is 0 Å². The molecule has 0 amide bonds. The van der Waals surface area contributed by atoms with E-state index < -0.39 is 5.82 Å². The Morgan fingerprint density at radius 3 is 2.68 bits per heavy atom. The van der Waals surface area contributed by atoms with Gasteiger partial charge < -0.3 is 15.5 Å². The van der Waals surface area contributed by atoms with Crippen LogP contribution in [0, 0.1) is 5.82 Å². The molecule has 1 unspecified atom stereocenters. The van der Waals surface area contributed by atoms with Crippen molar-refractivity contribution in [1.82, 2.24) is 0 Å². The van der Waals surface area contributed by atoms with Gasteiger partial charge in [0.1, 0.15) is 11.6 Å². The molecule has 0 aromatic heterocycles. The van der Waals surface area contributed by atoms with Crippen LogP contribution in [0.25, 0.3) is 0 Å². The standard InChI is InChI=1S/C15H16FNO2/c1-10(13-8-12(16)6-7-15(13)19)17-14-5-3-2-4-11(14)9-18/h2-8,10,17-19H,9H2,1H3. The predicted molar refractivity (Wildman–Crippen MR) is 72.5 cm³/mol. The van der Waals surface area contributed by atoms with Gasteiger partial charge in [0.05, 0.1) is 12.6 Å². The van der Waals surface area contributed by atoms with Gasteiger partial charge in [0.15, 0.2) is 0 Å². The summed E-state index contributed by atoms with van der Waals surface area (Å²) in [6, 6.07) is 10.9. The largest absolute Gasteiger partial charge is 0.508 e. The Kier molecular flexibility index (Phi) is 4.02. The highest BCUT2D eigenvalue weighted by Gasteiger charge is 2.12. The lowest BCUT2D eigenvalue weighted by atomic mass is 10.1. The van der Waals surface area contributed by atoms with Crippen molar-refractivity contribution in [3.05, 3.63) is 59.4 Å². The molecule has 2 aromatic rings. The summed E-state index contributed by atoms with van der Waals surface area (Å²) in [6.45, 7) is 1.74. The van der Waals surface area contributed by atoms with Crippen molar-refractivity contribution in [2.45, 2.75) is 19.6 Å². The van der Waals surface area contributed by atoms with E-state index >= 15 is 0 Å². The molecule has 2 rings (SSSR count). The van der Waals surface area contributed by atoms with Gasteiger partial charge in [-0.1, -0.05) is 18.2 Å². The maximum atomic E-state index is 13.2. The molecule has 0 saturated heterocycles. The SMILES string of the molecule is CC(Nc1ccccc1CO)c1cc(F)ccc1O. The van der Waals surface area contributed by atoms with Crippen molar-refractivity contribution < 1.29 is 14.6 Å². The third-order valence-corrected chi connectivity index (χ3v) is 3.02. The Balaban J connectivity index is 2.25. The summed E-state index contributed by atoms with van der Waals surface area (Å²) in [6.07, 6.45) is 0. The van der Waals surface area contributed by atoms with E-state index in [9.17, 15) is 14.6 Å². The van der Waals surface area contributed by atoms with Gasteiger partial charge in [-0.25, -0.2) is 4.39 Å². The molecule has 2 aromatic carbocycles. The van der Waals surface area contributed by atoms with Gasteiger partial charge in [0.2, 0.25) is 0 Å². The molecule has 0 spiro atoms. The van der Waals surface area contributed by atoms with Crippen molar-refractivity contribution in [2.75, 3.05) is 5.32 Å². The Bertz CT molecular complexity index is 572. The predicted octanol–water partition coefficient (Wildman–Crippen LogP) is 3.20. The molecule has 1 atom stereocenters. The quantitative estimate of drug-likeness (QED) is 0.792. The molecule has 0 aliphatic heterocycles.